The van der Waals surface area contributed by atoms with Crippen LogP contribution in [0.25, 0.3) is 0 Å². The van der Waals surface area contributed by atoms with Crippen LogP contribution in [0.1, 0.15) is 38.2 Å². The molecule has 1 aromatic carbocycles. The molecule has 3 nitrogen and oxygen atoms in total. The lowest BCUT2D eigenvalue weighted by Crippen LogP contribution is -2.33. The monoisotopic (exact) mass is 263 g/mol. The lowest BCUT2D eigenvalue weighted by molar-refractivity contribution is 0.170. The van der Waals surface area contributed by atoms with E-state index in [1.54, 1.807) is 19.2 Å². The second kappa shape index (κ2) is 6.80. The van der Waals surface area contributed by atoms with Crippen molar-refractivity contribution in [2.75, 3.05) is 20.2 Å². The zero-order valence-electron chi connectivity index (χ0n) is 12.1. The van der Waals surface area contributed by atoms with Gasteiger partial charge in [0.1, 0.15) is 11.5 Å². The van der Waals surface area contributed by atoms with Crippen molar-refractivity contribution in [1.82, 2.24) is 4.90 Å². The van der Waals surface area contributed by atoms with E-state index in [-0.39, 0.29) is 0 Å². The molecule has 0 saturated carbocycles. The molecule has 0 spiro atoms. The standard InChI is InChI=1S/C16H25NO2/c1-3-4-13-7-9-17(10-8-13)12-14-11-15(19-2)5-6-16(14)18/h5-6,11,13,18H,3-4,7-10,12H2,1-2H3. The van der Waals surface area contributed by atoms with Crippen molar-refractivity contribution in [3.05, 3.63) is 23.8 Å². The van der Waals surface area contributed by atoms with Gasteiger partial charge in [-0.2, -0.15) is 0 Å². The molecule has 1 saturated heterocycles. The fraction of sp³-hybridized carbons (Fsp3) is 0.625. The van der Waals surface area contributed by atoms with E-state index in [1.807, 2.05) is 6.07 Å². The Morgan fingerprint density at radius 1 is 1.32 bits per heavy atom. The van der Waals surface area contributed by atoms with Gasteiger partial charge in [-0.3, -0.25) is 4.90 Å². The fourth-order valence-electron chi connectivity index (χ4n) is 2.90. The molecule has 0 amide bonds. The molecule has 19 heavy (non-hydrogen) atoms. The van der Waals surface area contributed by atoms with Gasteiger partial charge in [-0.25, -0.2) is 0 Å². The highest BCUT2D eigenvalue weighted by Crippen LogP contribution is 2.27. The Bertz CT molecular complexity index is 398. The third-order valence-electron chi connectivity index (χ3n) is 4.08. The summed E-state index contributed by atoms with van der Waals surface area (Å²) in [6, 6.07) is 5.46. The number of rotatable bonds is 5. The molecular formula is C16H25NO2. The van der Waals surface area contributed by atoms with Crippen molar-refractivity contribution < 1.29 is 9.84 Å². The summed E-state index contributed by atoms with van der Waals surface area (Å²) in [7, 11) is 1.66. The largest absolute Gasteiger partial charge is 0.508 e. The zero-order chi connectivity index (χ0) is 13.7. The van der Waals surface area contributed by atoms with Crippen LogP contribution < -0.4 is 4.74 Å². The van der Waals surface area contributed by atoms with Crippen molar-refractivity contribution in [2.24, 2.45) is 5.92 Å². The number of methoxy groups -OCH3 is 1. The predicted octanol–water partition coefficient (Wildman–Crippen LogP) is 3.41. The maximum absolute atomic E-state index is 9.92. The van der Waals surface area contributed by atoms with E-state index in [1.165, 1.54) is 25.7 Å². The third-order valence-corrected chi connectivity index (χ3v) is 4.08. The first-order valence-electron chi connectivity index (χ1n) is 7.31. The van der Waals surface area contributed by atoms with Crippen LogP contribution in [0.4, 0.5) is 0 Å². The van der Waals surface area contributed by atoms with Gasteiger partial charge in [-0.05, 0) is 50.0 Å². The molecule has 1 N–H and O–H groups in total. The second-order valence-electron chi connectivity index (χ2n) is 5.50. The van der Waals surface area contributed by atoms with Crippen LogP contribution in [-0.2, 0) is 6.54 Å². The number of hydrogen-bond acceptors (Lipinski definition) is 3. The van der Waals surface area contributed by atoms with Crippen LogP contribution in [0.15, 0.2) is 18.2 Å². The Hall–Kier alpha value is -1.22. The summed E-state index contributed by atoms with van der Waals surface area (Å²) in [4.78, 5) is 2.43. The van der Waals surface area contributed by atoms with Crippen LogP contribution in [0.2, 0.25) is 0 Å². The number of ether oxygens (including phenoxy) is 1. The van der Waals surface area contributed by atoms with Gasteiger partial charge in [0, 0.05) is 12.1 Å². The Labute approximate surface area is 116 Å². The molecule has 0 bridgehead atoms. The SMILES string of the molecule is CCCC1CCN(Cc2cc(OC)ccc2O)CC1. The summed E-state index contributed by atoms with van der Waals surface area (Å²) in [6.45, 7) is 5.37. The molecular weight excluding hydrogens is 238 g/mol. The first-order chi connectivity index (χ1) is 9.22. The normalized spacial score (nSPS) is 17.6. The minimum atomic E-state index is 0.372. The van der Waals surface area contributed by atoms with Crippen molar-refractivity contribution in [2.45, 2.75) is 39.2 Å². The first-order valence-corrected chi connectivity index (χ1v) is 7.31. The van der Waals surface area contributed by atoms with Crippen LogP contribution >= 0.6 is 0 Å². The maximum Gasteiger partial charge on any atom is 0.120 e. The van der Waals surface area contributed by atoms with Crippen LogP contribution in [-0.4, -0.2) is 30.2 Å². The highest BCUT2D eigenvalue weighted by molar-refractivity contribution is 5.39. The van der Waals surface area contributed by atoms with E-state index in [0.717, 1.165) is 36.9 Å². The minimum absolute atomic E-state index is 0.372. The van der Waals surface area contributed by atoms with Gasteiger partial charge < -0.3 is 9.84 Å². The number of phenols is 1. The van der Waals surface area contributed by atoms with E-state index >= 15 is 0 Å². The molecule has 3 heteroatoms. The van der Waals surface area contributed by atoms with E-state index in [0.29, 0.717) is 5.75 Å². The molecule has 0 atom stereocenters. The highest BCUT2D eigenvalue weighted by Gasteiger charge is 2.19. The van der Waals surface area contributed by atoms with Crippen LogP contribution in [0.3, 0.4) is 0 Å². The smallest absolute Gasteiger partial charge is 0.120 e. The maximum atomic E-state index is 9.92. The molecule has 106 valence electrons. The van der Waals surface area contributed by atoms with Gasteiger partial charge in [-0.15, -0.1) is 0 Å². The molecule has 1 fully saturated rings. The van der Waals surface area contributed by atoms with Crippen LogP contribution in [0.5, 0.6) is 11.5 Å². The summed E-state index contributed by atoms with van der Waals surface area (Å²) in [5.41, 5.74) is 0.966. The Balaban J connectivity index is 1.91. The third kappa shape index (κ3) is 3.87. The average molecular weight is 263 g/mol. The summed E-state index contributed by atoms with van der Waals surface area (Å²) >= 11 is 0. The van der Waals surface area contributed by atoms with Gasteiger partial charge in [-0.1, -0.05) is 19.8 Å². The average Bonchev–Trinajstić information content (AvgIpc) is 2.44. The molecule has 1 aliphatic heterocycles. The van der Waals surface area contributed by atoms with E-state index < -0.39 is 0 Å². The van der Waals surface area contributed by atoms with Gasteiger partial charge in [0.25, 0.3) is 0 Å². The summed E-state index contributed by atoms with van der Waals surface area (Å²) in [5.74, 6) is 2.09. The van der Waals surface area contributed by atoms with Gasteiger partial charge in [0.2, 0.25) is 0 Å². The lowest BCUT2D eigenvalue weighted by atomic mass is 9.92. The molecule has 0 aromatic heterocycles. The van der Waals surface area contributed by atoms with E-state index in [9.17, 15) is 5.11 Å². The molecule has 0 radical (unpaired) electrons. The number of hydrogen-bond donors (Lipinski definition) is 1. The van der Waals surface area contributed by atoms with E-state index in [2.05, 4.69) is 11.8 Å². The molecule has 1 heterocycles. The highest BCUT2D eigenvalue weighted by atomic mass is 16.5. The quantitative estimate of drug-likeness (QED) is 0.883. The number of aromatic hydroxyl groups is 1. The zero-order valence-corrected chi connectivity index (χ0v) is 12.1. The Morgan fingerprint density at radius 3 is 2.68 bits per heavy atom. The fourth-order valence-corrected chi connectivity index (χ4v) is 2.90. The number of benzene rings is 1. The van der Waals surface area contributed by atoms with Crippen molar-refractivity contribution in [1.29, 1.82) is 0 Å². The number of phenolic OH excluding ortho intramolecular Hbond substituents is 1. The molecule has 2 rings (SSSR count). The van der Waals surface area contributed by atoms with Crippen molar-refractivity contribution >= 4 is 0 Å². The predicted molar refractivity (Wildman–Crippen MR) is 77.6 cm³/mol. The molecule has 0 aliphatic carbocycles. The van der Waals surface area contributed by atoms with Gasteiger partial charge in [0.15, 0.2) is 0 Å². The Morgan fingerprint density at radius 2 is 2.05 bits per heavy atom. The summed E-state index contributed by atoms with van der Waals surface area (Å²) in [6.07, 6.45) is 5.23. The topological polar surface area (TPSA) is 32.7 Å². The van der Waals surface area contributed by atoms with Gasteiger partial charge >= 0.3 is 0 Å². The Kier molecular flexibility index (Phi) is 5.08. The van der Waals surface area contributed by atoms with Crippen LogP contribution in [0, 0.1) is 5.92 Å². The first kappa shape index (κ1) is 14.2. The minimum Gasteiger partial charge on any atom is -0.508 e. The number of likely N-dealkylation sites (tertiary alicyclic amines) is 1. The van der Waals surface area contributed by atoms with E-state index in [4.69, 9.17) is 4.74 Å². The van der Waals surface area contributed by atoms with Crippen molar-refractivity contribution in [3.8, 4) is 11.5 Å². The second-order valence-corrected chi connectivity index (χ2v) is 5.50. The van der Waals surface area contributed by atoms with Gasteiger partial charge in [0.05, 0.1) is 7.11 Å². The van der Waals surface area contributed by atoms with Crippen molar-refractivity contribution in [3.63, 3.8) is 0 Å². The molecule has 0 unspecified atom stereocenters. The number of nitrogens with zero attached hydrogens (tertiary/aromatic N) is 1. The number of piperidine rings is 1. The summed E-state index contributed by atoms with van der Waals surface area (Å²) in [5, 5.41) is 9.92. The lowest BCUT2D eigenvalue weighted by Gasteiger charge is -2.32. The molecule has 1 aliphatic rings. The summed E-state index contributed by atoms with van der Waals surface area (Å²) < 4.78 is 5.22. The molecule has 1 aromatic rings.